The van der Waals surface area contributed by atoms with E-state index in [1.807, 2.05) is 4.90 Å². The molecule has 2 saturated heterocycles. The van der Waals surface area contributed by atoms with E-state index in [2.05, 4.69) is 28.8 Å². The minimum Gasteiger partial charge on any atom is -0.351 e. The van der Waals surface area contributed by atoms with Crippen LogP contribution in [0.2, 0.25) is 0 Å². The quantitative estimate of drug-likeness (QED) is 0.807. The van der Waals surface area contributed by atoms with Gasteiger partial charge in [0.15, 0.2) is 0 Å². The molecule has 0 aliphatic carbocycles. The highest BCUT2D eigenvalue weighted by atomic mass is 16.5. The monoisotopic (exact) mass is 278 g/mol. The van der Waals surface area contributed by atoms with Gasteiger partial charge in [0.25, 0.3) is 5.91 Å². The first kappa shape index (κ1) is 13.6. The van der Waals surface area contributed by atoms with Crippen LogP contribution in [0.3, 0.4) is 0 Å². The Morgan fingerprint density at radius 3 is 2.55 bits per heavy atom. The lowest BCUT2D eigenvalue weighted by Gasteiger charge is -2.48. The molecule has 6 nitrogen and oxygen atoms in total. The van der Waals surface area contributed by atoms with Crippen molar-refractivity contribution >= 4 is 5.91 Å². The summed E-state index contributed by atoms with van der Waals surface area (Å²) in [5, 5.41) is 3.58. The van der Waals surface area contributed by atoms with Gasteiger partial charge in [-0.2, -0.15) is 0 Å². The molecule has 0 atom stereocenters. The first-order chi connectivity index (χ1) is 9.65. The van der Waals surface area contributed by atoms with Crippen molar-refractivity contribution in [2.24, 2.45) is 0 Å². The summed E-state index contributed by atoms with van der Waals surface area (Å²) in [5.41, 5.74) is 0. The van der Waals surface area contributed by atoms with Crippen LogP contribution in [0.5, 0.6) is 0 Å². The number of piperazine rings is 1. The highest BCUT2D eigenvalue weighted by Gasteiger charge is 2.37. The molecule has 0 bridgehead atoms. The number of carbonyl (C=O) groups excluding carboxylic acids is 1. The van der Waals surface area contributed by atoms with E-state index in [0.29, 0.717) is 17.8 Å². The molecule has 0 saturated carbocycles. The Kier molecular flexibility index (Phi) is 3.76. The Morgan fingerprint density at radius 1 is 1.30 bits per heavy atom. The molecule has 1 amide bonds. The highest BCUT2D eigenvalue weighted by Crippen LogP contribution is 2.19. The zero-order valence-corrected chi connectivity index (χ0v) is 12.2. The summed E-state index contributed by atoms with van der Waals surface area (Å²) < 4.78 is 4.91. The lowest BCUT2D eigenvalue weighted by atomic mass is 10.1. The predicted octanol–water partition coefficient (Wildman–Crippen LogP) is 0.525. The van der Waals surface area contributed by atoms with Crippen LogP contribution >= 0.6 is 0 Å². The van der Waals surface area contributed by atoms with Crippen molar-refractivity contribution in [2.75, 3.05) is 39.3 Å². The average molecular weight is 278 g/mol. The second-order valence-electron chi connectivity index (χ2n) is 5.91. The number of aromatic nitrogens is 1. The summed E-state index contributed by atoms with van der Waals surface area (Å²) >= 11 is 0. The average Bonchev–Trinajstić information content (AvgIpc) is 2.91. The fourth-order valence-electron chi connectivity index (χ4n) is 2.95. The standard InChI is InChI=1S/C14H22N4O2/c1-11(2)16-5-7-17(8-6-16)12-9-18(10-12)14(19)13-3-4-15-20-13/h3-4,11-12H,5-10H2,1-2H3. The van der Waals surface area contributed by atoms with Crippen molar-refractivity contribution in [3.63, 3.8) is 0 Å². The number of amides is 1. The maximum atomic E-state index is 12.0. The van der Waals surface area contributed by atoms with E-state index < -0.39 is 0 Å². The van der Waals surface area contributed by atoms with Gasteiger partial charge < -0.3 is 9.42 Å². The molecule has 0 radical (unpaired) electrons. The molecule has 1 aromatic heterocycles. The van der Waals surface area contributed by atoms with Crippen molar-refractivity contribution in [3.8, 4) is 0 Å². The minimum absolute atomic E-state index is 0.0421. The van der Waals surface area contributed by atoms with Gasteiger partial charge >= 0.3 is 0 Å². The van der Waals surface area contributed by atoms with Crippen molar-refractivity contribution in [3.05, 3.63) is 18.0 Å². The third-order valence-electron chi connectivity index (χ3n) is 4.39. The lowest BCUT2D eigenvalue weighted by Crippen LogP contribution is -2.64. The van der Waals surface area contributed by atoms with Gasteiger partial charge in [0.2, 0.25) is 5.76 Å². The second-order valence-corrected chi connectivity index (χ2v) is 5.91. The number of nitrogens with zero attached hydrogens (tertiary/aromatic N) is 4. The van der Waals surface area contributed by atoms with Gasteiger partial charge in [0.1, 0.15) is 0 Å². The van der Waals surface area contributed by atoms with Crippen LogP contribution in [0.15, 0.2) is 16.8 Å². The van der Waals surface area contributed by atoms with Crippen LogP contribution in [0, 0.1) is 0 Å². The van der Waals surface area contributed by atoms with Crippen LogP contribution in [-0.2, 0) is 0 Å². The van der Waals surface area contributed by atoms with Crippen LogP contribution in [-0.4, -0.2) is 77.1 Å². The summed E-state index contributed by atoms with van der Waals surface area (Å²) in [6.45, 7) is 10.6. The predicted molar refractivity (Wildman–Crippen MR) is 74.5 cm³/mol. The minimum atomic E-state index is -0.0421. The van der Waals surface area contributed by atoms with Gasteiger partial charge in [-0.1, -0.05) is 5.16 Å². The van der Waals surface area contributed by atoms with Gasteiger partial charge in [-0.25, -0.2) is 0 Å². The molecule has 3 heterocycles. The largest absolute Gasteiger partial charge is 0.351 e. The highest BCUT2D eigenvalue weighted by molar-refractivity contribution is 5.91. The molecule has 2 aliphatic rings. The van der Waals surface area contributed by atoms with Crippen molar-refractivity contribution in [1.82, 2.24) is 19.9 Å². The van der Waals surface area contributed by atoms with E-state index in [1.165, 1.54) is 6.20 Å². The Bertz CT molecular complexity index is 446. The van der Waals surface area contributed by atoms with Crippen LogP contribution < -0.4 is 0 Å². The summed E-state index contributed by atoms with van der Waals surface area (Å²) in [4.78, 5) is 18.9. The normalized spacial score (nSPS) is 22.2. The van der Waals surface area contributed by atoms with Crippen molar-refractivity contribution in [1.29, 1.82) is 0 Å². The lowest BCUT2D eigenvalue weighted by molar-refractivity contribution is 0.00133. The summed E-state index contributed by atoms with van der Waals surface area (Å²) in [5.74, 6) is 0.299. The summed E-state index contributed by atoms with van der Waals surface area (Å²) in [6.07, 6.45) is 1.51. The van der Waals surface area contributed by atoms with Gasteiger partial charge in [-0.3, -0.25) is 14.6 Å². The van der Waals surface area contributed by atoms with Crippen LogP contribution in [0.25, 0.3) is 0 Å². The number of hydrogen-bond donors (Lipinski definition) is 0. The fraction of sp³-hybridized carbons (Fsp3) is 0.714. The maximum Gasteiger partial charge on any atom is 0.292 e. The Labute approximate surface area is 119 Å². The Hall–Kier alpha value is -1.40. The Balaban J connectivity index is 1.46. The first-order valence-corrected chi connectivity index (χ1v) is 7.33. The molecule has 1 aromatic rings. The zero-order chi connectivity index (χ0) is 14.1. The van der Waals surface area contributed by atoms with Gasteiger partial charge in [0.05, 0.1) is 6.20 Å². The number of hydrogen-bond acceptors (Lipinski definition) is 5. The molecule has 0 N–H and O–H groups in total. The van der Waals surface area contributed by atoms with Gasteiger partial charge in [-0.15, -0.1) is 0 Å². The summed E-state index contributed by atoms with van der Waals surface area (Å²) in [7, 11) is 0. The molecule has 0 unspecified atom stereocenters. The van der Waals surface area contributed by atoms with E-state index in [-0.39, 0.29) is 5.91 Å². The molecule has 110 valence electrons. The molecule has 20 heavy (non-hydrogen) atoms. The van der Waals surface area contributed by atoms with Gasteiger partial charge in [0, 0.05) is 57.4 Å². The van der Waals surface area contributed by atoms with Crippen LogP contribution in [0.1, 0.15) is 24.4 Å². The molecular weight excluding hydrogens is 256 g/mol. The SMILES string of the molecule is CC(C)N1CCN(C2CN(C(=O)c3ccno3)C2)CC1. The molecular formula is C14H22N4O2. The number of rotatable bonds is 3. The molecule has 0 aromatic carbocycles. The van der Waals surface area contributed by atoms with E-state index >= 15 is 0 Å². The fourth-order valence-corrected chi connectivity index (χ4v) is 2.95. The smallest absolute Gasteiger partial charge is 0.292 e. The van der Waals surface area contributed by atoms with Gasteiger partial charge in [-0.05, 0) is 13.8 Å². The molecule has 2 fully saturated rings. The molecule has 6 heteroatoms. The Morgan fingerprint density at radius 2 is 2.00 bits per heavy atom. The number of carbonyl (C=O) groups is 1. The second kappa shape index (κ2) is 5.54. The molecule has 3 rings (SSSR count). The van der Waals surface area contributed by atoms with E-state index in [9.17, 15) is 4.79 Å². The van der Waals surface area contributed by atoms with E-state index in [0.717, 1.165) is 39.3 Å². The molecule has 2 aliphatic heterocycles. The van der Waals surface area contributed by atoms with E-state index in [1.54, 1.807) is 6.07 Å². The van der Waals surface area contributed by atoms with Crippen LogP contribution in [0.4, 0.5) is 0 Å². The maximum absolute atomic E-state index is 12.0. The zero-order valence-electron chi connectivity index (χ0n) is 12.2. The van der Waals surface area contributed by atoms with E-state index in [4.69, 9.17) is 4.52 Å². The van der Waals surface area contributed by atoms with Crippen molar-refractivity contribution < 1.29 is 9.32 Å². The third kappa shape index (κ3) is 2.58. The van der Waals surface area contributed by atoms with Crippen molar-refractivity contribution in [2.45, 2.75) is 25.9 Å². The topological polar surface area (TPSA) is 52.8 Å². The summed E-state index contributed by atoms with van der Waals surface area (Å²) in [6, 6.07) is 2.76. The first-order valence-electron chi connectivity index (χ1n) is 7.33. The number of likely N-dealkylation sites (tertiary alicyclic amines) is 1. The third-order valence-corrected chi connectivity index (χ3v) is 4.39. The molecule has 0 spiro atoms.